The molecule has 3 rings (SSSR count). The van der Waals surface area contributed by atoms with Gasteiger partial charge in [-0.1, -0.05) is 35.9 Å². The topological polar surface area (TPSA) is 55.6 Å². The van der Waals surface area contributed by atoms with E-state index in [0.29, 0.717) is 10.8 Å². The van der Waals surface area contributed by atoms with Crippen LogP contribution in [0.5, 0.6) is 0 Å². The van der Waals surface area contributed by atoms with Gasteiger partial charge in [-0.3, -0.25) is 0 Å². The number of benzene rings is 1. The van der Waals surface area contributed by atoms with Crippen molar-refractivity contribution in [3.8, 4) is 5.82 Å². The molecular formula is C14H14ClN5. The van der Waals surface area contributed by atoms with E-state index in [-0.39, 0.29) is 0 Å². The summed E-state index contributed by atoms with van der Waals surface area (Å²) >= 11 is 6.32. The van der Waals surface area contributed by atoms with Gasteiger partial charge >= 0.3 is 0 Å². The summed E-state index contributed by atoms with van der Waals surface area (Å²) < 4.78 is 1.66. The second kappa shape index (κ2) is 5.56. The molecule has 0 amide bonds. The first-order valence-electron chi connectivity index (χ1n) is 6.45. The highest BCUT2D eigenvalue weighted by Gasteiger charge is 2.11. The van der Waals surface area contributed by atoms with Gasteiger partial charge in [0, 0.05) is 12.7 Å². The fourth-order valence-corrected chi connectivity index (χ4v) is 2.29. The van der Waals surface area contributed by atoms with E-state index in [4.69, 9.17) is 11.6 Å². The predicted octanol–water partition coefficient (Wildman–Crippen LogP) is 2.58. The molecule has 2 aromatic heterocycles. The van der Waals surface area contributed by atoms with E-state index in [1.807, 2.05) is 30.3 Å². The quantitative estimate of drug-likeness (QED) is 0.801. The third-order valence-corrected chi connectivity index (χ3v) is 3.29. The van der Waals surface area contributed by atoms with E-state index in [1.54, 1.807) is 10.9 Å². The lowest BCUT2D eigenvalue weighted by Crippen LogP contribution is -2.12. The highest BCUT2D eigenvalue weighted by atomic mass is 35.5. The minimum atomic E-state index is 0.566. The molecule has 0 aliphatic heterocycles. The number of nitrogens with zero attached hydrogens (tertiary/aromatic N) is 4. The minimum absolute atomic E-state index is 0.566. The van der Waals surface area contributed by atoms with Gasteiger partial charge in [-0.25, -0.2) is 4.98 Å². The summed E-state index contributed by atoms with van der Waals surface area (Å²) in [6, 6.07) is 9.63. The highest BCUT2D eigenvalue weighted by molar-refractivity contribution is 6.32. The van der Waals surface area contributed by atoms with Crippen LogP contribution in [0.1, 0.15) is 12.5 Å². The Balaban J connectivity index is 2.02. The minimum Gasteiger partial charge on any atom is -0.313 e. The van der Waals surface area contributed by atoms with Gasteiger partial charge in [0.2, 0.25) is 0 Å². The zero-order valence-electron chi connectivity index (χ0n) is 11.0. The first-order chi connectivity index (χ1) is 9.79. The maximum absolute atomic E-state index is 6.32. The molecule has 0 spiro atoms. The van der Waals surface area contributed by atoms with Crippen LogP contribution in [0, 0.1) is 0 Å². The Bertz CT molecular complexity index is 737. The average Bonchev–Trinajstić information content (AvgIpc) is 2.89. The van der Waals surface area contributed by atoms with Gasteiger partial charge in [-0.05, 0) is 30.3 Å². The maximum atomic E-state index is 6.32. The van der Waals surface area contributed by atoms with E-state index < -0.39 is 0 Å². The maximum Gasteiger partial charge on any atom is 0.174 e. The Morgan fingerprint density at radius 3 is 2.95 bits per heavy atom. The number of aromatic nitrogens is 4. The highest BCUT2D eigenvalue weighted by Crippen LogP contribution is 2.22. The predicted molar refractivity (Wildman–Crippen MR) is 79.1 cm³/mol. The molecule has 0 aliphatic rings. The molecule has 5 nitrogen and oxygen atoms in total. The molecule has 1 N–H and O–H groups in total. The Morgan fingerprint density at radius 2 is 2.15 bits per heavy atom. The van der Waals surface area contributed by atoms with Crippen molar-refractivity contribution in [2.75, 3.05) is 6.54 Å². The zero-order valence-corrected chi connectivity index (χ0v) is 11.8. The normalized spacial score (nSPS) is 11.1. The van der Waals surface area contributed by atoms with Crippen LogP contribution in [0.15, 0.2) is 36.5 Å². The monoisotopic (exact) mass is 287 g/mol. The number of halogens is 1. The van der Waals surface area contributed by atoms with Crippen molar-refractivity contribution < 1.29 is 0 Å². The van der Waals surface area contributed by atoms with Gasteiger partial charge in [0.05, 0.1) is 10.5 Å². The lowest BCUT2D eigenvalue weighted by Gasteiger charge is -2.07. The third-order valence-electron chi connectivity index (χ3n) is 3.01. The number of nitrogens with one attached hydrogen (secondary N) is 1. The molecule has 0 fully saturated rings. The van der Waals surface area contributed by atoms with E-state index in [0.717, 1.165) is 29.7 Å². The molecule has 0 bridgehead atoms. The van der Waals surface area contributed by atoms with Gasteiger partial charge in [0.25, 0.3) is 0 Å². The van der Waals surface area contributed by atoms with Crippen LogP contribution in [0.2, 0.25) is 5.02 Å². The van der Waals surface area contributed by atoms with Crippen LogP contribution >= 0.6 is 11.6 Å². The molecule has 1 aromatic carbocycles. The lowest BCUT2D eigenvalue weighted by molar-refractivity contribution is 0.722. The van der Waals surface area contributed by atoms with E-state index in [9.17, 15) is 0 Å². The summed E-state index contributed by atoms with van der Waals surface area (Å²) in [6.45, 7) is 3.72. The van der Waals surface area contributed by atoms with Crippen LogP contribution < -0.4 is 5.32 Å². The summed E-state index contributed by atoms with van der Waals surface area (Å²) in [5.74, 6) is 0.598. The molecule has 2 heterocycles. The second-order valence-corrected chi connectivity index (χ2v) is 4.83. The number of hydrogen-bond acceptors (Lipinski definition) is 4. The first kappa shape index (κ1) is 13.0. The first-order valence-corrected chi connectivity index (χ1v) is 6.83. The summed E-state index contributed by atoms with van der Waals surface area (Å²) in [6.07, 6.45) is 1.81. The van der Waals surface area contributed by atoms with Crippen LogP contribution in [-0.2, 0) is 6.54 Å². The standard InChI is InChI=1S/C14H14ClN5/c1-2-16-8-10-7-11(15)14(17-9-10)20-13-6-4-3-5-12(13)18-19-20/h3-7,9,16H,2,8H2,1H3. The van der Waals surface area contributed by atoms with Crippen molar-refractivity contribution in [1.82, 2.24) is 25.3 Å². The van der Waals surface area contributed by atoms with Crippen molar-refractivity contribution in [3.63, 3.8) is 0 Å². The van der Waals surface area contributed by atoms with E-state index >= 15 is 0 Å². The van der Waals surface area contributed by atoms with Gasteiger partial charge in [-0.2, -0.15) is 4.68 Å². The van der Waals surface area contributed by atoms with Crippen molar-refractivity contribution >= 4 is 22.6 Å². The number of para-hydroxylation sites is 1. The Labute approximate surface area is 121 Å². The molecule has 0 atom stereocenters. The third kappa shape index (κ3) is 2.37. The molecule has 20 heavy (non-hydrogen) atoms. The number of hydrogen-bond donors (Lipinski definition) is 1. The molecule has 0 saturated heterocycles. The Kier molecular flexibility index (Phi) is 3.62. The fraction of sp³-hybridized carbons (Fsp3) is 0.214. The van der Waals surface area contributed by atoms with Gasteiger partial charge < -0.3 is 5.32 Å². The van der Waals surface area contributed by atoms with Crippen molar-refractivity contribution in [3.05, 3.63) is 47.1 Å². The fourth-order valence-electron chi connectivity index (χ4n) is 2.02. The molecule has 0 unspecified atom stereocenters. The smallest absolute Gasteiger partial charge is 0.174 e. The van der Waals surface area contributed by atoms with Crippen LogP contribution in [0.3, 0.4) is 0 Å². The number of rotatable bonds is 4. The van der Waals surface area contributed by atoms with E-state index in [2.05, 4.69) is 27.5 Å². The van der Waals surface area contributed by atoms with Gasteiger partial charge in [0.15, 0.2) is 5.82 Å². The number of fused-ring (bicyclic) bond motifs is 1. The molecule has 3 aromatic rings. The van der Waals surface area contributed by atoms with E-state index in [1.165, 1.54) is 0 Å². The van der Waals surface area contributed by atoms with Crippen LogP contribution in [0.4, 0.5) is 0 Å². The summed E-state index contributed by atoms with van der Waals surface area (Å²) in [4.78, 5) is 4.41. The van der Waals surface area contributed by atoms with Crippen molar-refractivity contribution in [1.29, 1.82) is 0 Å². The Hall–Kier alpha value is -1.98. The molecule has 6 heteroatoms. The molecule has 0 saturated carbocycles. The number of pyridine rings is 1. The SMILES string of the molecule is CCNCc1cnc(-n2nnc3ccccc32)c(Cl)c1. The average molecular weight is 288 g/mol. The van der Waals surface area contributed by atoms with Crippen molar-refractivity contribution in [2.24, 2.45) is 0 Å². The summed E-state index contributed by atoms with van der Waals surface area (Å²) in [5, 5.41) is 12.0. The van der Waals surface area contributed by atoms with Gasteiger partial charge in [-0.15, -0.1) is 5.10 Å². The lowest BCUT2D eigenvalue weighted by atomic mass is 10.2. The second-order valence-electron chi connectivity index (χ2n) is 4.42. The zero-order chi connectivity index (χ0) is 13.9. The Morgan fingerprint density at radius 1 is 1.30 bits per heavy atom. The van der Waals surface area contributed by atoms with Crippen molar-refractivity contribution in [2.45, 2.75) is 13.5 Å². The van der Waals surface area contributed by atoms with Gasteiger partial charge in [0.1, 0.15) is 5.52 Å². The summed E-state index contributed by atoms with van der Waals surface area (Å²) in [7, 11) is 0. The molecular weight excluding hydrogens is 274 g/mol. The molecule has 0 aliphatic carbocycles. The molecule has 102 valence electrons. The van der Waals surface area contributed by atoms with Crippen LogP contribution in [0.25, 0.3) is 16.9 Å². The van der Waals surface area contributed by atoms with Crippen LogP contribution in [-0.4, -0.2) is 26.5 Å². The molecule has 0 radical (unpaired) electrons. The summed E-state index contributed by atoms with van der Waals surface area (Å²) in [5.41, 5.74) is 2.76. The largest absolute Gasteiger partial charge is 0.313 e.